The van der Waals surface area contributed by atoms with E-state index in [4.69, 9.17) is 21.1 Å². The second-order valence-electron chi connectivity index (χ2n) is 4.63. The number of hydrogen-bond donors (Lipinski definition) is 1. The van der Waals surface area contributed by atoms with Crippen molar-refractivity contribution in [3.05, 3.63) is 58.6 Å². The lowest BCUT2D eigenvalue weighted by molar-refractivity contribution is 0.293. The first-order chi connectivity index (χ1) is 10.2. The van der Waals surface area contributed by atoms with Gasteiger partial charge in [0.15, 0.2) is 0 Å². The van der Waals surface area contributed by atoms with Crippen molar-refractivity contribution in [2.24, 2.45) is 0 Å². The zero-order valence-electron chi connectivity index (χ0n) is 12.4. The summed E-state index contributed by atoms with van der Waals surface area (Å²) in [4.78, 5) is 0. The van der Waals surface area contributed by atoms with Crippen molar-refractivity contribution >= 4 is 11.6 Å². The van der Waals surface area contributed by atoms with Crippen molar-refractivity contribution in [1.82, 2.24) is 5.32 Å². The smallest absolute Gasteiger partial charge is 0.125 e. The van der Waals surface area contributed by atoms with Crippen LogP contribution in [0.4, 0.5) is 0 Å². The molecule has 2 rings (SSSR count). The van der Waals surface area contributed by atoms with Crippen LogP contribution in [0.2, 0.25) is 5.02 Å². The third kappa shape index (κ3) is 4.38. The van der Waals surface area contributed by atoms with Crippen molar-refractivity contribution in [1.29, 1.82) is 0 Å². The van der Waals surface area contributed by atoms with Crippen molar-refractivity contribution < 1.29 is 9.47 Å². The summed E-state index contributed by atoms with van der Waals surface area (Å²) in [5.74, 6) is 1.66. The molecule has 3 nitrogen and oxygen atoms in total. The highest BCUT2D eigenvalue weighted by atomic mass is 35.5. The van der Waals surface area contributed by atoms with E-state index in [1.807, 2.05) is 36.4 Å². The molecule has 0 fully saturated rings. The number of nitrogens with one attached hydrogen (secondary N) is 1. The summed E-state index contributed by atoms with van der Waals surface area (Å²) >= 11 is 6.03. The van der Waals surface area contributed by atoms with Gasteiger partial charge in [0, 0.05) is 22.7 Å². The van der Waals surface area contributed by atoms with Gasteiger partial charge in [-0.25, -0.2) is 0 Å². The van der Waals surface area contributed by atoms with Crippen LogP contribution in [-0.4, -0.2) is 13.7 Å². The van der Waals surface area contributed by atoms with Crippen molar-refractivity contribution in [2.75, 3.05) is 13.7 Å². The van der Waals surface area contributed by atoms with Gasteiger partial charge in [-0.15, -0.1) is 0 Å². The molecule has 4 heteroatoms. The van der Waals surface area contributed by atoms with Crippen molar-refractivity contribution in [2.45, 2.75) is 20.1 Å². The number of benzene rings is 2. The Morgan fingerprint density at radius 2 is 1.86 bits per heavy atom. The van der Waals surface area contributed by atoms with E-state index in [2.05, 4.69) is 18.3 Å². The third-order valence-corrected chi connectivity index (χ3v) is 3.40. The number of hydrogen-bond acceptors (Lipinski definition) is 3. The highest BCUT2D eigenvalue weighted by Gasteiger charge is 2.07. The largest absolute Gasteiger partial charge is 0.496 e. The van der Waals surface area contributed by atoms with Gasteiger partial charge < -0.3 is 14.8 Å². The number of methoxy groups -OCH3 is 1. The molecule has 0 aliphatic carbocycles. The van der Waals surface area contributed by atoms with Crippen molar-refractivity contribution in [3.63, 3.8) is 0 Å². The first-order valence-electron chi connectivity index (χ1n) is 6.98. The minimum atomic E-state index is 0.423. The highest BCUT2D eigenvalue weighted by Crippen LogP contribution is 2.25. The Morgan fingerprint density at radius 1 is 1.05 bits per heavy atom. The van der Waals surface area contributed by atoms with Crippen LogP contribution < -0.4 is 14.8 Å². The molecule has 0 radical (unpaired) electrons. The molecule has 0 unspecified atom stereocenters. The van der Waals surface area contributed by atoms with E-state index in [0.717, 1.165) is 35.7 Å². The van der Waals surface area contributed by atoms with Crippen LogP contribution in [0.25, 0.3) is 0 Å². The number of rotatable bonds is 7. The predicted octanol–water partition coefficient (Wildman–Crippen LogP) is 4.04. The SMILES string of the molecule is CCNCc1ccccc1OCc1cc(Cl)ccc1OC. The molecule has 112 valence electrons. The van der Waals surface area contributed by atoms with Gasteiger partial charge in [-0.1, -0.05) is 36.7 Å². The van der Waals surface area contributed by atoms with Gasteiger partial charge in [0.1, 0.15) is 18.1 Å². The lowest BCUT2D eigenvalue weighted by Crippen LogP contribution is -2.12. The topological polar surface area (TPSA) is 30.5 Å². The Balaban J connectivity index is 2.11. The van der Waals surface area contributed by atoms with Gasteiger partial charge in [-0.3, -0.25) is 0 Å². The molecule has 0 aliphatic heterocycles. The van der Waals surface area contributed by atoms with Crippen LogP contribution in [0.5, 0.6) is 11.5 Å². The maximum atomic E-state index is 6.03. The van der Waals surface area contributed by atoms with Gasteiger partial charge in [0.25, 0.3) is 0 Å². The number of para-hydroxylation sites is 1. The lowest BCUT2D eigenvalue weighted by atomic mass is 10.2. The first-order valence-corrected chi connectivity index (χ1v) is 7.36. The van der Waals surface area contributed by atoms with Gasteiger partial charge in [0.2, 0.25) is 0 Å². The minimum Gasteiger partial charge on any atom is -0.496 e. The first kappa shape index (κ1) is 15.7. The van der Waals surface area contributed by atoms with Gasteiger partial charge in [0.05, 0.1) is 7.11 Å². The Hall–Kier alpha value is -1.71. The molecule has 0 saturated heterocycles. The Labute approximate surface area is 130 Å². The normalized spacial score (nSPS) is 10.4. The van der Waals surface area contributed by atoms with E-state index < -0.39 is 0 Å². The fourth-order valence-electron chi connectivity index (χ4n) is 2.07. The van der Waals surface area contributed by atoms with E-state index in [9.17, 15) is 0 Å². The average Bonchev–Trinajstić information content (AvgIpc) is 2.52. The number of ether oxygens (including phenoxy) is 2. The Kier molecular flexibility index (Phi) is 5.90. The van der Waals surface area contributed by atoms with Crippen LogP contribution >= 0.6 is 11.6 Å². The van der Waals surface area contributed by atoms with E-state index >= 15 is 0 Å². The fourth-order valence-corrected chi connectivity index (χ4v) is 2.26. The minimum absolute atomic E-state index is 0.423. The second-order valence-corrected chi connectivity index (χ2v) is 5.07. The van der Waals surface area contributed by atoms with Crippen LogP contribution in [0.1, 0.15) is 18.1 Å². The third-order valence-electron chi connectivity index (χ3n) is 3.16. The lowest BCUT2D eigenvalue weighted by Gasteiger charge is -2.14. The standard InChI is InChI=1S/C17H20ClNO2/c1-3-19-11-13-6-4-5-7-17(13)21-12-14-10-15(18)8-9-16(14)20-2/h4-10,19H,3,11-12H2,1-2H3. The monoisotopic (exact) mass is 305 g/mol. The molecule has 0 atom stereocenters. The summed E-state index contributed by atoms with van der Waals surface area (Å²) in [7, 11) is 1.64. The molecular weight excluding hydrogens is 286 g/mol. The van der Waals surface area contributed by atoms with Gasteiger partial charge >= 0.3 is 0 Å². The number of halogens is 1. The van der Waals surface area contributed by atoms with Gasteiger partial charge in [-0.05, 0) is 30.8 Å². The zero-order valence-corrected chi connectivity index (χ0v) is 13.1. The Morgan fingerprint density at radius 3 is 2.62 bits per heavy atom. The van der Waals surface area contributed by atoms with Crippen LogP contribution in [0.15, 0.2) is 42.5 Å². The average molecular weight is 306 g/mol. The summed E-state index contributed by atoms with van der Waals surface area (Å²) in [6, 6.07) is 13.6. The van der Waals surface area contributed by atoms with E-state index in [-0.39, 0.29) is 0 Å². The fraction of sp³-hybridized carbons (Fsp3) is 0.294. The molecule has 2 aromatic carbocycles. The second kappa shape index (κ2) is 7.91. The van der Waals surface area contributed by atoms with Gasteiger partial charge in [-0.2, -0.15) is 0 Å². The highest BCUT2D eigenvalue weighted by molar-refractivity contribution is 6.30. The Bertz CT molecular complexity index is 587. The summed E-state index contributed by atoms with van der Waals surface area (Å²) in [5.41, 5.74) is 2.07. The quantitative estimate of drug-likeness (QED) is 0.837. The molecule has 2 aromatic rings. The van der Waals surface area contributed by atoms with Crippen molar-refractivity contribution in [3.8, 4) is 11.5 Å². The molecular formula is C17H20ClNO2. The van der Waals surface area contributed by atoms with Crippen LogP contribution in [-0.2, 0) is 13.2 Å². The molecule has 0 heterocycles. The molecule has 0 bridgehead atoms. The predicted molar refractivity (Wildman–Crippen MR) is 86.2 cm³/mol. The summed E-state index contributed by atoms with van der Waals surface area (Å²) < 4.78 is 11.3. The molecule has 21 heavy (non-hydrogen) atoms. The maximum absolute atomic E-state index is 6.03. The van der Waals surface area contributed by atoms with Crippen LogP contribution in [0, 0.1) is 0 Å². The zero-order chi connectivity index (χ0) is 15.1. The molecule has 0 spiro atoms. The van der Waals surface area contributed by atoms with E-state index in [0.29, 0.717) is 11.6 Å². The summed E-state index contributed by atoms with van der Waals surface area (Å²) in [6.07, 6.45) is 0. The van der Waals surface area contributed by atoms with E-state index in [1.54, 1.807) is 7.11 Å². The molecule has 0 aromatic heterocycles. The molecule has 0 amide bonds. The maximum Gasteiger partial charge on any atom is 0.125 e. The van der Waals surface area contributed by atoms with E-state index in [1.165, 1.54) is 0 Å². The summed E-state index contributed by atoms with van der Waals surface area (Å²) in [5, 5.41) is 3.99. The molecule has 0 saturated carbocycles. The molecule has 1 N–H and O–H groups in total. The molecule has 0 aliphatic rings. The van der Waals surface area contributed by atoms with Crippen LogP contribution in [0.3, 0.4) is 0 Å². The summed E-state index contributed by atoms with van der Waals surface area (Å²) in [6.45, 7) is 4.23.